The minimum Gasteiger partial charge on any atom is -0.492 e. The first kappa shape index (κ1) is 21.0. The molecule has 1 heterocycles. The summed E-state index contributed by atoms with van der Waals surface area (Å²) in [7, 11) is -0.394. The summed E-state index contributed by atoms with van der Waals surface area (Å²) >= 11 is 6.16. The van der Waals surface area contributed by atoms with Gasteiger partial charge < -0.3 is 14.8 Å². The number of nitrogens with one attached hydrogen (secondary N) is 1. The van der Waals surface area contributed by atoms with E-state index in [9.17, 15) is 13.2 Å². The number of halogens is 1. The average Bonchev–Trinajstić information content (AvgIpc) is 2.99. The Morgan fingerprint density at radius 2 is 2.12 bits per heavy atom. The van der Waals surface area contributed by atoms with Gasteiger partial charge in [0.05, 0.1) is 36.6 Å². The van der Waals surface area contributed by atoms with Crippen molar-refractivity contribution in [3.8, 4) is 5.75 Å². The van der Waals surface area contributed by atoms with Crippen LogP contribution in [0.15, 0.2) is 18.2 Å². The van der Waals surface area contributed by atoms with E-state index < -0.39 is 10.0 Å². The van der Waals surface area contributed by atoms with Crippen LogP contribution < -0.4 is 10.1 Å². The lowest BCUT2D eigenvalue weighted by Crippen LogP contribution is -2.43. The molecule has 1 fully saturated rings. The van der Waals surface area contributed by atoms with E-state index >= 15 is 0 Å². The molecule has 0 spiro atoms. The van der Waals surface area contributed by atoms with Crippen LogP contribution in [0.25, 0.3) is 0 Å². The van der Waals surface area contributed by atoms with E-state index in [2.05, 4.69) is 5.32 Å². The predicted octanol–water partition coefficient (Wildman–Crippen LogP) is 1.77. The summed E-state index contributed by atoms with van der Waals surface area (Å²) in [5.74, 6) is -0.162. The van der Waals surface area contributed by atoms with Gasteiger partial charge in [-0.3, -0.25) is 4.79 Å². The first-order valence-corrected chi connectivity index (χ1v) is 10.4. The van der Waals surface area contributed by atoms with Crippen molar-refractivity contribution in [3.05, 3.63) is 28.8 Å². The molecule has 1 amide bonds. The minimum absolute atomic E-state index is 0.0739. The molecule has 7 nitrogen and oxygen atoms in total. The molecule has 0 radical (unpaired) electrons. The number of hydrogen-bond donors (Lipinski definition) is 1. The number of carbonyl (C=O) groups is 1. The van der Waals surface area contributed by atoms with Gasteiger partial charge in [0, 0.05) is 25.6 Å². The van der Waals surface area contributed by atoms with Crippen molar-refractivity contribution >= 4 is 27.5 Å². The second-order valence-corrected chi connectivity index (χ2v) is 9.07. The maximum Gasteiger partial charge on any atom is 0.251 e. The van der Waals surface area contributed by atoms with Crippen molar-refractivity contribution in [2.24, 2.45) is 5.92 Å². The fourth-order valence-corrected chi connectivity index (χ4v) is 3.97. The van der Waals surface area contributed by atoms with E-state index in [1.54, 1.807) is 18.2 Å². The normalized spacial score (nSPS) is 20.3. The zero-order valence-electron chi connectivity index (χ0n) is 15.2. The summed E-state index contributed by atoms with van der Waals surface area (Å²) in [5, 5.41) is 3.21. The van der Waals surface area contributed by atoms with Gasteiger partial charge >= 0.3 is 0 Å². The highest BCUT2D eigenvalue weighted by molar-refractivity contribution is 7.89. The molecule has 1 aromatic rings. The van der Waals surface area contributed by atoms with Crippen molar-refractivity contribution in [1.29, 1.82) is 0 Å². The fourth-order valence-electron chi connectivity index (χ4n) is 2.56. The third-order valence-corrected chi connectivity index (χ3v) is 6.41. The van der Waals surface area contributed by atoms with Gasteiger partial charge in [0.25, 0.3) is 5.91 Å². The third kappa shape index (κ3) is 5.33. The zero-order valence-corrected chi connectivity index (χ0v) is 16.8. The van der Waals surface area contributed by atoms with Crippen LogP contribution in [0.2, 0.25) is 5.02 Å². The van der Waals surface area contributed by atoms with E-state index in [4.69, 9.17) is 21.1 Å². The topological polar surface area (TPSA) is 84.9 Å². The molecular formula is C17H25ClN2O5S. The van der Waals surface area contributed by atoms with E-state index in [1.165, 1.54) is 18.4 Å². The molecule has 0 aromatic heterocycles. The molecule has 146 valence electrons. The smallest absolute Gasteiger partial charge is 0.251 e. The number of sulfonamides is 1. The molecule has 0 aliphatic carbocycles. The standard InChI is InChI=1S/C17H25ClN2O5S/c1-4-7-25-16-6-5-12(8-14(16)18)17(21)19-15-10-24-9-13(15)11-26(22,23)20(2)3/h5-6,8,13,15H,4,7,9-11H2,1-3H3,(H,19,21)/t13-,15+/m0/s1. The zero-order chi connectivity index (χ0) is 19.3. The molecule has 9 heteroatoms. The number of carbonyl (C=O) groups excluding carboxylic acids is 1. The van der Waals surface area contributed by atoms with Crippen LogP contribution in [0.3, 0.4) is 0 Å². The van der Waals surface area contributed by atoms with Gasteiger partial charge in [-0.05, 0) is 24.6 Å². The molecule has 2 rings (SSSR count). The van der Waals surface area contributed by atoms with E-state index in [0.29, 0.717) is 29.5 Å². The number of hydrogen-bond acceptors (Lipinski definition) is 5. The second-order valence-electron chi connectivity index (χ2n) is 6.43. The molecule has 0 bridgehead atoms. The first-order chi connectivity index (χ1) is 12.2. The van der Waals surface area contributed by atoms with Crippen molar-refractivity contribution in [3.63, 3.8) is 0 Å². The summed E-state index contributed by atoms with van der Waals surface area (Å²) in [6.07, 6.45) is 0.859. The van der Waals surface area contributed by atoms with E-state index in [-0.39, 0.29) is 30.2 Å². The van der Waals surface area contributed by atoms with Gasteiger partial charge in [0.2, 0.25) is 10.0 Å². The molecule has 1 aliphatic rings. The molecule has 26 heavy (non-hydrogen) atoms. The van der Waals surface area contributed by atoms with E-state index in [0.717, 1.165) is 6.42 Å². The monoisotopic (exact) mass is 404 g/mol. The number of nitrogens with zero attached hydrogens (tertiary/aromatic N) is 1. The average molecular weight is 405 g/mol. The Kier molecular flexibility index (Phi) is 7.28. The van der Waals surface area contributed by atoms with E-state index in [1.807, 2.05) is 6.92 Å². The quantitative estimate of drug-likeness (QED) is 0.713. The first-order valence-electron chi connectivity index (χ1n) is 8.45. The Hall–Kier alpha value is -1.35. The van der Waals surface area contributed by atoms with Gasteiger partial charge in [-0.2, -0.15) is 0 Å². The fraction of sp³-hybridized carbons (Fsp3) is 0.588. The number of benzene rings is 1. The van der Waals surface area contributed by atoms with Crippen LogP contribution in [0.5, 0.6) is 5.75 Å². The van der Waals surface area contributed by atoms with Gasteiger partial charge in [0.15, 0.2) is 0 Å². The van der Waals surface area contributed by atoms with Crippen LogP contribution in [-0.4, -0.2) is 64.3 Å². The summed E-state index contributed by atoms with van der Waals surface area (Å²) in [6.45, 7) is 3.12. The van der Waals surface area contributed by atoms with Crippen molar-refractivity contribution in [2.75, 3.05) is 39.7 Å². The Balaban J connectivity index is 2.03. The van der Waals surface area contributed by atoms with Crippen LogP contribution in [-0.2, 0) is 14.8 Å². The SMILES string of the molecule is CCCOc1ccc(C(=O)N[C@@H]2COC[C@H]2CS(=O)(=O)N(C)C)cc1Cl. The van der Waals surface area contributed by atoms with Crippen molar-refractivity contribution in [1.82, 2.24) is 9.62 Å². The lowest BCUT2D eigenvalue weighted by atomic mass is 10.1. The molecule has 0 unspecified atom stereocenters. The van der Waals surface area contributed by atoms with Gasteiger partial charge in [-0.15, -0.1) is 0 Å². The lowest BCUT2D eigenvalue weighted by molar-refractivity contribution is 0.0926. The number of ether oxygens (including phenoxy) is 2. The Bertz CT molecular complexity index is 739. The highest BCUT2D eigenvalue weighted by Gasteiger charge is 2.34. The van der Waals surface area contributed by atoms with Crippen LogP contribution in [0.4, 0.5) is 0 Å². The maximum atomic E-state index is 12.5. The third-order valence-electron chi connectivity index (χ3n) is 4.15. The Morgan fingerprint density at radius 3 is 2.73 bits per heavy atom. The predicted molar refractivity (Wildman–Crippen MR) is 100 cm³/mol. The molecule has 1 N–H and O–H groups in total. The van der Waals surface area contributed by atoms with Crippen molar-refractivity contribution < 1.29 is 22.7 Å². The van der Waals surface area contributed by atoms with Crippen LogP contribution in [0.1, 0.15) is 23.7 Å². The van der Waals surface area contributed by atoms with Gasteiger partial charge in [0.1, 0.15) is 5.75 Å². The highest BCUT2D eigenvalue weighted by atomic mass is 35.5. The molecular weight excluding hydrogens is 380 g/mol. The Morgan fingerprint density at radius 1 is 1.38 bits per heavy atom. The highest BCUT2D eigenvalue weighted by Crippen LogP contribution is 2.26. The van der Waals surface area contributed by atoms with Crippen LogP contribution in [0, 0.1) is 5.92 Å². The van der Waals surface area contributed by atoms with Gasteiger partial charge in [-0.1, -0.05) is 18.5 Å². The summed E-state index contributed by atoms with van der Waals surface area (Å²) in [6, 6.07) is 4.47. The van der Waals surface area contributed by atoms with Gasteiger partial charge in [-0.25, -0.2) is 12.7 Å². The second kappa shape index (κ2) is 9.03. The maximum absolute atomic E-state index is 12.5. The summed E-state index contributed by atoms with van der Waals surface area (Å²) in [5.41, 5.74) is 0.389. The molecule has 0 saturated carbocycles. The molecule has 1 aliphatic heterocycles. The van der Waals surface area contributed by atoms with Crippen molar-refractivity contribution in [2.45, 2.75) is 19.4 Å². The lowest BCUT2D eigenvalue weighted by Gasteiger charge is -2.21. The Labute approximate surface area is 159 Å². The largest absolute Gasteiger partial charge is 0.492 e. The number of amides is 1. The van der Waals surface area contributed by atoms with Crippen LogP contribution >= 0.6 is 11.6 Å². The molecule has 2 atom stereocenters. The number of rotatable bonds is 8. The summed E-state index contributed by atoms with van der Waals surface area (Å²) in [4.78, 5) is 12.5. The minimum atomic E-state index is -3.37. The molecule has 1 aromatic carbocycles. The summed E-state index contributed by atoms with van der Waals surface area (Å²) < 4.78 is 36.2. The molecule has 1 saturated heterocycles.